The van der Waals surface area contributed by atoms with Crippen LogP contribution >= 0.6 is 0 Å². The van der Waals surface area contributed by atoms with Crippen molar-refractivity contribution >= 4 is 21.7 Å². The summed E-state index contributed by atoms with van der Waals surface area (Å²) in [6.07, 6.45) is 4.10. The van der Waals surface area contributed by atoms with Crippen molar-refractivity contribution in [3.8, 4) is 0 Å². The van der Waals surface area contributed by atoms with Gasteiger partial charge >= 0.3 is 0 Å². The quantitative estimate of drug-likeness (QED) is 0.771. The molecule has 0 aliphatic carbocycles. The molecule has 2 N–H and O–H groups in total. The Balaban J connectivity index is 1.84. The van der Waals surface area contributed by atoms with Crippen LogP contribution in [0.4, 0.5) is 0 Å². The molecule has 0 spiro atoms. The average molecular weight is 365 g/mol. The minimum Gasteiger partial charge on any atom is -0.461 e. The molecule has 1 amide bonds. The first-order valence-corrected chi connectivity index (χ1v) is 9.29. The van der Waals surface area contributed by atoms with Crippen LogP contribution in [-0.4, -0.2) is 41.6 Å². The van der Waals surface area contributed by atoms with E-state index in [2.05, 4.69) is 0 Å². The van der Waals surface area contributed by atoms with Gasteiger partial charge in [-0.2, -0.15) is 4.31 Å². The second-order valence-electron chi connectivity index (χ2n) is 6.05. The number of nitrogens with zero attached hydrogens (tertiary/aromatic N) is 2. The number of Topliss-reactive ketones (excluding diaryl/α,β-unsaturated/α-hetero) is 1. The summed E-state index contributed by atoms with van der Waals surface area (Å²) in [6.45, 7) is 0.333. The van der Waals surface area contributed by atoms with E-state index < -0.39 is 22.0 Å². The van der Waals surface area contributed by atoms with E-state index >= 15 is 0 Å². The third-order valence-corrected chi connectivity index (χ3v) is 6.30. The molecule has 1 fully saturated rings. The molecule has 0 radical (unpaired) electrons. The number of aromatic nitrogens is 1. The molecule has 1 saturated heterocycles. The third kappa shape index (κ3) is 3.24. The van der Waals surface area contributed by atoms with Crippen LogP contribution in [0.2, 0.25) is 0 Å². The normalized spacial score (nSPS) is 18.5. The van der Waals surface area contributed by atoms with Crippen molar-refractivity contribution in [2.75, 3.05) is 6.54 Å². The van der Waals surface area contributed by atoms with Crippen LogP contribution in [0.5, 0.6) is 0 Å². The number of amides is 1. The zero-order valence-electron chi connectivity index (χ0n) is 13.7. The average Bonchev–Trinajstić information content (AvgIpc) is 3.26. The van der Waals surface area contributed by atoms with Gasteiger partial charge in [0.1, 0.15) is 10.6 Å². The number of carbonyl (C=O) groups excluding carboxylic acids is 2. The standard InChI is InChI=1S/C16H19N3O5S/c1-18-10-12(9-13(18)16(17)21)25(22,23)19-6-2-4-11(19)8-14(20)15-5-3-7-24-15/h3,5,7,9-11H,2,4,6,8H2,1H3,(H2,17,21)/t11-/m1/s1. The Morgan fingerprint density at radius 2 is 2.16 bits per heavy atom. The summed E-state index contributed by atoms with van der Waals surface area (Å²) >= 11 is 0. The second-order valence-corrected chi connectivity index (χ2v) is 7.94. The van der Waals surface area contributed by atoms with E-state index in [0.717, 1.165) is 0 Å². The van der Waals surface area contributed by atoms with Crippen LogP contribution in [0.15, 0.2) is 40.0 Å². The SMILES string of the molecule is Cn1cc(S(=O)(=O)N2CCC[C@@H]2CC(=O)c2ccco2)cc1C(N)=O. The number of carbonyl (C=O) groups is 2. The Labute approximate surface area is 145 Å². The number of hydrogen-bond acceptors (Lipinski definition) is 5. The summed E-state index contributed by atoms with van der Waals surface area (Å²) in [7, 11) is -2.26. The smallest absolute Gasteiger partial charge is 0.265 e. The summed E-state index contributed by atoms with van der Waals surface area (Å²) in [6, 6.07) is 4.01. The zero-order chi connectivity index (χ0) is 18.2. The van der Waals surface area contributed by atoms with Gasteiger partial charge in [-0.3, -0.25) is 9.59 Å². The van der Waals surface area contributed by atoms with E-state index in [9.17, 15) is 18.0 Å². The fourth-order valence-corrected chi connectivity index (χ4v) is 4.90. The molecule has 2 aromatic heterocycles. The van der Waals surface area contributed by atoms with E-state index in [4.69, 9.17) is 10.2 Å². The van der Waals surface area contributed by atoms with Crippen LogP contribution in [-0.2, 0) is 17.1 Å². The first-order chi connectivity index (χ1) is 11.8. The summed E-state index contributed by atoms with van der Waals surface area (Å²) in [5.41, 5.74) is 5.36. The van der Waals surface area contributed by atoms with Crippen molar-refractivity contribution in [3.63, 3.8) is 0 Å². The van der Waals surface area contributed by atoms with Crippen molar-refractivity contribution < 1.29 is 22.4 Å². The zero-order valence-corrected chi connectivity index (χ0v) is 14.5. The fourth-order valence-electron chi connectivity index (χ4n) is 3.14. The molecule has 0 saturated carbocycles. The molecule has 1 aliphatic heterocycles. The molecule has 8 nitrogen and oxygen atoms in total. The highest BCUT2D eigenvalue weighted by atomic mass is 32.2. The van der Waals surface area contributed by atoms with Crippen molar-refractivity contribution in [2.45, 2.75) is 30.2 Å². The second kappa shape index (κ2) is 6.49. The van der Waals surface area contributed by atoms with Gasteiger partial charge in [0.25, 0.3) is 5.91 Å². The van der Waals surface area contributed by atoms with E-state index in [0.29, 0.717) is 19.4 Å². The maximum atomic E-state index is 12.9. The number of aryl methyl sites for hydroxylation is 1. The molecule has 3 rings (SSSR count). The van der Waals surface area contributed by atoms with Crippen molar-refractivity contribution in [2.24, 2.45) is 12.8 Å². The molecular weight excluding hydrogens is 346 g/mol. The predicted molar refractivity (Wildman–Crippen MR) is 88.5 cm³/mol. The molecule has 0 bridgehead atoms. The Morgan fingerprint density at radius 1 is 1.40 bits per heavy atom. The van der Waals surface area contributed by atoms with Gasteiger partial charge in [-0.25, -0.2) is 8.42 Å². The maximum Gasteiger partial charge on any atom is 0.265 e. The molecule has 3 heterocycles. The molecule has 1 atom stereocenters. The molecule has 0 aromatic carbocycles. The highest BCUT2D eigenvalue weighted by Crippen LogP contribution is 2.29. The molecule has 9 heteroatoms. The van der Waals surface area contributed by atoms with Gasteiger partial charge in [0.2, 0.25) is 10.0 Å². The lowest BCUT2D eigenvalue weighted by Gasteiger charge is -2.22. The van der Waals surface area contributed by atoms with E-state index in [1.54, 1.807) is 19.2 Å². The lowest BCUT2D eigenvalue weighted by Crippen LogP contribution is -2.36. The Bertz CT molecular complexity index is 898. The predicted octanol–water partition coefficient (Wildman–Crippen LogP) is 1.14. The Morgan fingerprint density at radius 3 is 2.76 bits per heavy atom. The Kier molecular flexibility index (Phi) is 4.53. The maximum absolute atomic E-state index is 12.9. The minimum atomic E-state index is -3.82. The number of furan rings is 1. The molecule has 25 heavy (non-hydrogen) atoms. The van der Waals surface area contributed by atoms with Crippen molar-refractivity contribution in [1.82, 2.24) is 8.87 Å². The Hall–Kier alpha value is -2.39. The van der Waals surface area contributed by atoms with Crippen LogP contribution in [0, 0.1) is 0 Å². The van der Waals surface area contributed by atoms with Crippen LogP contribution < -0.4 is 5.73 Å². The first kappa shape index (κ1) is 17.4. The van der Waals surface area contributed by atoms with Crippen LogP contribution in [0.3, 0.4) is 0 Å². The molecular formula is C16H19N3O5S. The van der Waals surface area contributed by atoms with E-state index in [1.807, 2.05) is 0 Å². The molecule has 1 aliphatic rings. The van der Waals surface area contributed by atoms with Gasteiger partial charge in [-0.15, -0.1) is 0 Å². The lowest BCUT2D eigenvalue weighted by atomic mass is 10.1. The molecule has 2 aromatic rings. The van der Waals surface area contributed by atoms with Gasteiger partial charge in [-0.1, -0.05) is 0 Å². The minimum absolute atomic E-state index is 0.00106. The highest BCUT2D eigenvalue weighted by Gasteiger charge is 2.37. The number of sulfonamides is 1. The number of nitrogens with two attached hydrogens (primary N) is 1. The summed E-state index contributed by atoms with van der Waals surface area (Å²) in [5, 5.41) is 0. The highest BCUT2D eigenvalue weighted by molar-refractivity contribution is 7.89. The van der Waals surface area contributed by atoms with Crippen LogP contribution in [0.25, 0.3) is 0 Å². The number of ketones is 1. The van der Waals surface area contributed by atoms with Gasteiger partial charge < -0.3 is 14.7 Å². The van der Waals surface area contributed by atoms with E-state index in [1.165, 1.54) is 27.4 Å². The largest absolute Gasteiger partial charge is 0.461 e. The topological polar surface area (TPSA) is 116 Å². The van der Waals surface area contributed by atoms with Gasteiger partial charge in [-0.05, 0) is 31.0 Å². The van der Waals surface area contributed by atoms with Gasteiger partial charge in [0.15, 0.2) is 11.5 Å². The third-order valence-electron chi connectivity index (χ3n) is 4.38. The fraction of sp³-hybridized carbons (Fsp3) is 0.375. The number of primary amides is 1. The van der Waals surface area contributed by atoms with Crippen LogP contribution in [0.1, 0.15) is 40.3 Å². The molecule has 0 unspecified atom stereocenters. The number of hydrogen-bond donors (Lipinski definition) is 1. The monoisotopic (exact) mass is 365 g/mol. The van der Waals surface area contributed by atoms with E-state index in [-0.39, 0.29) is 28.6 Å². The molecule has 134 valence electrons. The first-order valence-electron chi connectivity index (χ1n) is 7.85. The van der Waals surface area contributed by atoms with Crippen molar-refractivity contribution in [3.05, 3.63) is 42.1 Å². The summed E-state index contributed by atoms with van der Waals surface area (Å²) in [4.78, 5) is 23.6. The lowest BCUT2D eigenvalue weighted by molar-refractivity contribution is 0.0933. The van der Waals surface area contributed by atoms with Crippen molar-refractivity contribution in [1.29, 1.82) is 0 Å². The number of rotatable bonds is 6. The summed E-state index contributed by atoms with van der Waals surface area (Å²) in [5.74, 6) is -0.710. The van der Waals surface area contributed by atoms with Gasteiger partial charge in [0, 0.05) is 32.3 Å². The van der Waals surface area contributed by atoms with Gasteiger partial charge in [0.05, 0.1) is 6.26 Å². The summed E-state index contributed by atoms with van der Waals surface area (Å²) < 4.78 is 33.6.